The van der Waals surface area contributed by atoms with Gasteiger partial charge in [0.05, 0.1) is 0 Å². The maximum atomic E-state index is 13.3. The van der Waals surface area contributed by atoms with Gasteiger partial charge < -0.3 is 5.32 Å². The Morgan fingerprint density at radius 2 is 2.16 bits per heavy atom. The normalized spacial score (nSPS) is 12.6. The predicted molar refractivity (Wildman–Crippen MR) is 79.9 cm³/mol. The molecule has 0 spiro atoms. The number of halogens is 1. The summed E-state index contributed by atoms with van der Waals surface area (Å²) < 4.78 is 13.3. The van der Waals surface area contributed by atoms with Crippen LogP contribution in [0.4, 0.5) is 4.39 Å². The van der Waals surface area contributed by atoms with Crippen LogP contribution >= 0.6 is 11.3 Å². The Morgan fingerprint density at radius 1 is 1.32 bits per heavy atom. The van der Waals surface area contributed by atoms with E-state index in [1.54, 1.807) is 17.4 Å². The lowest BCUT2D eigenvalue weighted by Crippen LogP contribution is -2.20. The zero-order valence-electron chi connectivity index (χ0n) is 11.4. The molecule has 0 radical (unpaired) electrons. The van der Waals surface area contributed by atoms with Crippen molar-refractivity contribution in [2.45, 2.75) is 39.3 Å². The van der Waals surface area contributed by atoms with Crippen molar-refractivity contribution in [3.63, 3.8) is 0 Å². The van der Waals surface area contributed by atoms with Crippen LogP contribution in [0.5, 0.6) is 0 Å². The van der Waals surface area contributed by atoms with Gasteiger partial charge in [0, 0.05) is 17.5 Å². The number of benzene rings is 1. The average Bonchev–Trinajstić information content (AvgIpc) is 2.92. The van der Waals surface area contributed by atoms with Gasteiger partial charge in [0.25, 0.3) is 0 Å². The molecule has 0 bridgehead atoms. The fraction of sp³-hybridized carbons (Fsp3) is 0.375. The zero-order chi connectivity index (χ0) is 13.7. The Balaban J connectivity index is 2.04. The van der Waals surface area contributed by atoms with Gasteiger partial charge in [0.15, 0.2) is 0 Å². The molecule has 19 heavy (non-hydrogen) atoms. The Labute approximate surface area is 118 Å². The number of nitrogens with one attached hydrogen (secondary N) is 1. The summed E-state index contributed by atoms with van der Waals surface area (Å²) in [4.78, 5) is 1.36. The molecule has 1 heterocycles. The summed E-state index contributed by atoms with van der Waals surface area (Å²) in [5.41, 5.74) is 2.17. The summed E-state index contributed by atoms with van der Waals surface area (Å²) in [6.07, 6.45) is 2.24. The lowest BCUT2D eigenvalue weighted by Gasteiger charge is -2.17. The summed E-state index contributed by atoms with van der Waals surface area (Å²) in [6.45, 7) is 4.93. The zero-order valence-corrected chi connectivity index (χ0v) is 12.3. The summed E-state index contributed by atoms with van der Waals surface area (Å²) >= 11 is 1.78. The SMILES string of the molecule is CCCC(NCc1cc(F)ccc1C)c1cccs1. The van der Waals surface area contributed by atoms with Gasteiger partial charge in [0.1, 0.15) is 5.82 Å². The monoisotopic (exact) mass is 277 g/mol. The molecule has 0 saturated carbocycles. The van der Waals surface area contributed by atoms with Gasteiger partial charge in [-0.25, -0.2) is 4.39 Å². The van der Waals surface area contributed by atoms with Crippen molar-refractivity contribution in [1.82, 2.24) is 5.32 Å². The minimum atomic E-state index is -0.162. The molecule has 2 aromatic rings. The second-order valence-corrected chi connectivity index (χ2v) is 5.79. The van der Waals surface area contributed by atoms with Crippen molar-refractivity contribution in [2.75, 3.05) is 0 Å². The quantitative estimate of drug-likeness (QED) is 0.797. The average molecular weight is 277 g/mol. The van der Waals surface area contributed by atoms with E-state index in [9.17, 15) is 4.39 Å². The van der Waals surface area contributed by atoms with Crippen molar-refractivity contribution in [3.05, 3.63) is 57.5 Å². The van der Waals surface area contributed by atoms with Crippen LogP contribution in [0, 0.1) is 12.7 Å². The summed E-state index contributed by atoms with van der Waals surface area (Å²) in [7, 11) is 0. The fourth-order valence-electron chi connectivity index (χ4n) is 2.19. The molecule has 0 aliphatic rings. The molecular weight excluding hydrogens is 257 g/mol. The maximum absolute atomic E-state index is 13.3. The minimum Gasteiger partial charge on any atom is -0.305 e. The molecular formula is C16H20FNS. The lowest BCUT2D eigenvalue weighted by molar-refractivity contribution is 0.498. The third-order valence-corrected chi connectivity index (χ3v) is 4.30. The van der Waals surface area contributed by atoms with Crippen LogP contribution in [0.25, 0.3) is 0 Å². The molecule has 0 aliphatic heterocycles. The van der Waals surface area contributed by atoms with E-state index in [4.69, 9.17) is 0 Å². The molecule has 3 heteroatoms. The molecule has 1 N–H and O–H groups in total. The van der Waals surface area contributed by atoms with Crippen molar-refractivity contribution in [2.24, 2.45) is 0 Å². The van der Waals surface area contributed by atoms with E-state index in [2.05, 4.69) is 29.8 Å². The van der Waals surface area contributed by atoms with Gasteiger partial charge in [-0.05, 0) is 48.1 Å². The first-order valence-corrected chi connectivity index (χ1v) is 7.60. The molecule has 1 unspecified atom stereocenters. The Bertz CT molecular complexity index is 507. The molecule has 0 saturated heterocycles. The van der Waals surface area contributed by atoms with E-state index in [1.165, 1.54) is 10.9 Å². The highest BCUT2D eigenvalue weighted by Gasteiger charge is 2.11. The van der Waals surface area contributed by atoms with E-state index in [0.29, 0.717) is 12.6 Å². The van der Waals surface area contributed by atoms with Crippen LogP contribution in [0.3, 0.4) is 0 Å². The van der Waals surface area contributed by atoms with Gasteiger partial charge >= 0.3 is 0 Å². The topological polar surface area (TPSA) is 12.0 Å². The van der Waals surface area contributed by atoms with Gasteiger partial charge in [-0.2, -0.15) is 0 Å². The molecule has 102 valence electrons. The third kappa shape index (κ3) is 3.88. The van der Waals surface area contributed by atoms with Crippen molar-refractivity contribution in [1.29, 1.82) is 0 Å². The van der Waals surface area contributed by atoms with E-state index in [1.807, 2.05) is 13.0 Å². The molecule has 0 amide bonds. The van der Waals surface area contributed by atoms with E-state index in [0.717, 1.165) is 24.0 Å². The number of hydrogen-bond donors (Lipinski definition) is 1. The Hall–Kier alpha value is -1.19. The van der Waals surface area contributed by atoms with Crippen LogP contribution in [0.15, 0.2) is 35.7 Å². The largest absolute Gasteiger partial charge is 0.305 e. The van der Waals surface area contributed by atoms with E-state index in [-0.39, 0.29) is 5.82 Å². The van der Waals surface area contributed by atoms with E-state index >= 15 is 0 Å². The number of thiophene rings is 1. The second kappa shape index (κ2) is 6.83. The molecule has 1 atom stereocenters. The molecule has 1 aromatic carbocycles. The van der Waals surface area contributed by atoms with Crippen molar-refractivity contribution >= 4 is 11.3 Å². The third-order valence-electron chi connectivity index (χ3n) is 3.31. The summed E-state index contributed by atoms with van der Waals surface area (Å²) in [5.74, 6) is -0.162. The highest BCUT2D eigenvalue weighted by molar-refractivity contribution is 7.10. The van der Waals surface area contributed by atoms with Gasteiger partial charge in [-0.15, -0.1) is 11.3 Å². The number of aryl methyl sites for hydroxylation is 1. The lowest BCUT2D eigenvalue weighted by atomic mass is 10.1. The van der Waals surface area contributed by atoms with Gasteiger partial charge in [0.2, 0.25) is 0 Å². The molecule has 1 nitrogen and oxygen atoms in total. The first-order chi connectivity index (χ1) is 9.20. The predicted octanol–water partition coefficient (Wildman–Crippen LogP) is 4.83. The first kappa shape index (κ1) is 14.2. The Morgan fingerprint density at radius 3 is 2.84 bits per heavy atom. The van der Waals surface area contributed by atoms with E-state index < -0.39 is 0 Å². The number of hydrogen-bond acceptors (Lipinski definition) is 2. The summed E-state index contributed by atoms with van der Waals surface area (Å²) in [6, 6.07) is 9.59. The summed E-state index contributed by atoms with van der Waals surface area (Å²) in [5, 5.41) is 5.66. The molecule has 2 rings (SSSR count). The van der Waals surface area contributed by atoms with Crippen LogP contribution < -0.4 is 5.32 Å². The van der Waals surface area contributed by atoms with Crippen molar-refractivity contribution in [3.8, 4) is 0 Å². The van der Waals surface area contributed by atoms with Crippen LogP contribution in [0.2, 0.25) is 0 Å². The smallest absolute Gasteiger partial charge is 0.123 e. The second-order valence-electron chi connectivity index (χ2n) is 4.81. The van der Waals surface area contributed by atoms with Crippen molar-refractivity contribution < 1.29 is 4.39 Å². The fourth-order valence-corrected chi connectivity index (χ4v) is 3.02. The Kier molecular flexibility index (Phi) is 5.11. The van der Waals surface area contributed by atoms with Gasteiger partial charge in [-0.1, -0.05) is 25.5 Å². The molecule has 1 aromatic heterocycles. The van der Waals surface area contributed by atoms with Crippen LogP contribution in [-0.4, -0.2) is 0 Å². The highest BCUT2D eigenvalue weighted by atomic mass is 32.1. The first-order valence-electron chi connectivity index (χ1n) is 6.72. The highest BCUT2D eigenvalue weighted by Crippen LogP contribution is 2.24. The van der Waals surface area contributed by atoms with Crippen LogP contribution in [0.1, 0.15) is 41.8 Å². The molecule has 0 aliphatic carbocycles. The van der Waals surface area contributed by atoms with Gasteiger partial charge in [-0.3, -0.25) is 0 Å². The molecule has 0 fully saturated rings. The number of rotatable bonds is 6. The minimum absolute atomic E-state index is 0.162. The van der Waals surface area contributed by atoms with Crippen LogP contribution in [-0.2, 0) is 6.54 Å². The maximum Gasteiger partial charge on any atom is 0.123 e. The standard InChI is InChI=1S/C16H20FNS/c1-3-5-15(16-6-4-9-19-16)18-11-13-10-14(17)8-7-12(13)2/h4,6-10,15,18H,3,5,11H2,1-2H3.